The Morgan fingerprint density at radius 3 is 2.69 bits per heavy atom. The lowest BCUT2D eigenvalue weighted by Crippen LogP contribution is -2.13. The zero-order chi connectivity index (χ0) is 11.2. The summed E-state index contributed by atoms with van der Waals surface area (Å²) in [6.45, 7) is 3.97. The molecule has 1 aromatic carbocycles. The Bertz CT molecular complexity index is 423. The lowest BCUT2D eigenvalue weighted by atomic mass is 10.1. The van der Waals surface area contributed by atoms with Crippen molar-refractivity contribution in [2.24, 2.45) is 0 Å². The third-order valence-corrected chi connectivity index (χ3v) is 3.35. The van der Waals surface area contributed by atoms with Gasteiger partial charge < -0.3 is 5.32 Å². The number of benzene rings is 1. The van der Waals surface area contributed by atoms with Crippen molar-refractivity contribution < 1.29 is 0 Å². The summed E-state index contributed by atoms with van der Waals surface area (Å²) >= 11 is 1.69. The largest absolute Gasteiger partial charge is 0.306 e. The van der Waals surface area contributed by atoms with Gasteiger partial charge in [-0.1, -0.05) is 31.2 Å². The summed E-state index contributed by atoms with van der Waals surface area (Å²) in [5.74, 6) is 0. The second kappa shape index (κ2) is 5.77. The molecule has 0 bridgehead atoms. The van der Waals surface area contributed by atoms with Crippen LogP contribution in [0.5, 0.6) is 0 Å². The minimum Gasteiger partial charge on any atom is -0.306 e. The molecule has 0 aliphatic heterocycles. The van der Waals surface area contributed by atoms with E-state index in [0.717, 1.165) is 24.5 Å². The maximum atomic E-state index is 4.25. The molecule has 1 aromatic heterocycles. The van der Waals surface area contributed by atoms with Gasteiger partial charge in [-0.25, -0.2) is 4.98 Å². The van der Waals surface area contributed by atoms with E-state index in [0.29, 0.717) is 0 Å². The van der Waals surface area contributed by atoms with Crippen molar-refractivity contribution in [2.45, 2.75) is 26.4 Å². The number of nitrogens with one attached hydrogen (secondary N) is 1. The van der Waals surface area contributed by atoms with Crippen LogP contribution >= 0.6 is 11.3 Å². The molecule has 16 heavy (non-hydrogen) atoms. The maximum absolute atomic E-state index is 4.25. The zero-order valence-corrected chi connectivity index (χ0v) is 10.3. The molecule has 84 valence electrons. The Morgan fingerprint density at radius 2 is 2.00 bits per heavy atom. The standard InChI is InChI=1S/C13H16N2S/c1-2-11-5-3-4-6-12(11)9-14-10-13-15-7-8-16-13/h3-8,14H,2,9-10H2,1H3. The fourth-order valence-electron chi connectivity index (χ4n) is 1.72. The Kier molecular flexibility index (Phi) is 4.08. The van der Waals surface area contributed by atoms with E-state index >= 15 is 0 Å². The molecule has 0 amide bonds. The molecule has 0 spiro atoms. The van der Waals surface area contributed by atoms with Crippen LogP contribution in [0.2, 0.25) is 0 Å². The van der Waals surface area contributed by atoms with Crippen LogP contribution in [0.15, 0.2) is 35.8 Å². The average molecular weight is 232 g/mol. The highest BCUT2D eigenvalue weighted by atomic mass is 32.1. The van der Waals surface area contributed by atoms with Crippen molar-refractivity contribution in [1.82, 2.24) is 10.3 Å². The van der Waals surface area contributed by atoms with Gasteiger partial charge in [0, 0.05) is 24.7 Å². The van der Waals surface area contributed by atoms with Crippen molar-refractivity contribution in [3.63, 3.8) is 0 Å². The monoisotopic (exact) mass is 232 g/mol. The minimum absolute atomic E-state index is 0.857. The number of hydrogen-bond acceptors (Lipinski definition) is 3. The number of rotatable bonds is 5. The molecule has 3 heteroatoms. The number of nitrogens with zero attached hydrogens (tertiary/aromatic N) is 1. The topological polar surface area (TPSA) is 24.9 Å². The highest BCUT2D eigenvalue weighted by Gasteiger charge is 1.99. The van der Waals surface area contributed by atoms with E-state index in [-0.39, 0.29) is 0 Å². The van der Waals surface area contributed by atoms with Crippen LogP contribution in [0.1, 0.15) is 23.1 Å². The van der Waals surface area contributed by atoms with Crippen molar-refractivity contribution in [3.05, 3.63) is 52.0 Å². The molecule has 0 aliphatic carbocycles. The number of thiazole rings is 1. The van der Waals surface area contributed by atoms with Gasteiger partial charge in [-0.15, -0.1) is 11.3 Å². The molecule has 2 nitrogen and oxygen atoms in total. The first-order valence-corrected chi connectivity index (χ1v) is 6.44. The van der Waals surface area contributed by atoms with E-state index in [1.165, 1.54) is 11.1 Å². The van der Waals surface area contributed by atoms with Crippen molar-refractivity contribution in [3.8, 4) is 0 Å². The Labute approximate surface area is 100 Å². The summed E-state index contributed by atoms with van der Waals surface area (Å²) in [6, 6.07) is 8.58. The molecule has 0 atom stereocenters. The SMILES string of the molecule is CCc1ccccc1CNCc1nccs1. The van der Waals surface area contributed by atoms with Gasteiger partial charge >= 0.3 is 0 Å². The fourth-order valence-corrected chi connectivity index (χ4v) is 2.31. The molecule has 0 fully saturated rings. The molecule has 0 radical (unpaired) electrons. The first-order valence-electron chi connectivity index (χ1n) is 5.56. The highest BCUT2D eigenvalue weighted by molar-refractivity contribution is 7.09. The van der Waals surface area contributed by atoms with Crippen molar-refractivity contribution >= 4 is 11.3 Å². The second-order valence-electron chi connectivity index (χ2n) is 3.65. The first kappa shape index (κ1) is 11.3. The normalized spacial score (nSPS) is 10.6. The van der Waals surface area contributed by atoms with E-state index < -0.39 is 0 Å². The number of hydrogen-bond donors (Lipinski definition) is 1. The van der Waals surface area contributed by atoms with Crippen molar-refractivity contribution in [1.29, 1.82) is 0 Å². The van der Waals surface area contributed by atoms with Crippen LogP contribution in [-0.2, 0) is 19.5 Å². The molecular weight excluding hydrogens is 216 g/mol. The maximum Gasteiger partial charge on any atom is 0.106 e. The van der Waals surface area contributed by atoms with Gasteiger partial charge in [-0.3, -0.25) is 0 Å². The van der Waals surface area contributed by atoms with Gasteiger partial charge in [0.15, 0.2) is 0 Å². The van der Waals surface area contributed by atoms with Crippen LogP contribution < -0.4 is 5.32 Å². The Balaban J connectivity index is 1.89. The Morgan fingerprint density at radius 1 is 1.19 bits per heavy atom. The van der Waals surface area contributed by atoms with E-state index in [1.54, 1.807) is 11.3 Å². The molecular formula is C13H16N2S. The first-order chi connectivity index (χ1) is 7.90. The summed E-state index contributed by atoms with van der Waals surface area (Å²) in [5.41, 5.74) is 2.82. The Hall–Kier alpha value is -1.19. The van der Waals surface area contributed by atoms with Crippen LogP contribution in [-0.4, -0.2) is 4.98 Å². The van der Waals surface area contributed by atoms with Crippen molar-refractivity contribution in [2.75, 3.05) is 0 Å². The molecule has 0 saturated carbocycles. The quantitative estimate of drug-likeness (QED) is 0.857. The van der Waals surface area contributed by atoms with Crippen LogP contribution in [0.3, 0.4) is 0 Å². The van der Waals surface area contributed by atoms with Gasteiger partial charge in [0.05, 0.1) is 0 Å². The van der Waals surface area contributed by atoms with Gasteiger partial charge in [0.1, 0.15) is 5.01 Å². The smallest absolute Gasteiger partial charge is 0.106 e. The summed E-state index contributed by atoms with van der Waals surface area (Å²) in [6.07, 6.45) is 2.94. The van der Waals surface area contributed by atoms with Crippen LogP contribution in [0.25, 0.3) is 0 Å². The third-order valence-electron chi connectivity index (χ3n) is 2.57. The third kappa shape index (κ3) is 2.90. The molecule has 1 heterocycles. The minimum atomic E-state index is 0.857. The fraction of sp³-hybridized carbons (Fsp3) is 0.308. The number of aryl methyl sites for hydroxylation is 1. The molecule has 0 saturated heterocycles. The molecule has 2 aromatic rings. The predicted molar refractivity (Wildman–Crippen MR) is 68.5 cm³/mol. The lowest BCUT2D eigenvalue weighted by molar-refractivity contribution is 0.685. The molecule has 0 unspecified atom stereocenters. The molecule has 1 N–H and O–H groups in total. The molecule has 2 rings (SSSR count). The van der Waals surface area contributed by atoms with E-state index in [1.807, 2.05) is 11.6 Å². The van der Waals surface area contributed by atoms with Gasteiger partial charge in [0.25, 0.3) is 0 Å². The second-order valence-corrected chi connectivity index (χ2v) is 4.63. The van der Waals surface area contributed by atoms with E-state index in [2.05, 4.69) is 41.5 Å². The van der Waals surface area contributed by atoms with Gasteiger partial charge in [-0.2, -0.15) is 0 Å². The van der Waals surface area contributed by atoms with Gasteiger partial charge in [-0.05, 0) is 17.5 Å². The average Bonchev–Trinajstić information content (AvgIpc) is 2.83. The van der Waals surface area contributed by atoms with Gasteiger partial charge in [0.2, 0.25) is 0 Å². The van der Waals surface area contributed by atoms with E-state index in [4.69, 9.17) is 0 Å². The predicted octanol–water partition coefficient (Wildman–Crippen LogP) is 3.00. The van der Waals surface area contributed by atoms with Crippen LogP contribution in [0.4, 0.5) is 0 Å². The number of aromatic nitrogens is 1. The lowest BCUT2D eigenvalue weighted by Gasteiger charge is -2.07. The summed E-state index contributed by atoms with van der Waals surface area (Å²) < 4.78 is 0. The van der Waals surface area contributed by atoms with E-state index in [9.17, 15) is 0 Å². The summed E-state index contributed by atoms with van der Waals surface area (Å²) in [4.78, 5) is 4.25. The zero-order valence-electron chi connectivity index (χ0n) is 9.44. The molecule has 0 aliphatic rings. The summed E-state index contributed by atoms with van der Waals surface area (Å²) in [5, 5.41) is 6.58. The summed E-state index contributed by atoms with van der Waals surface area (Å²) in [7, 11) is 0. The van der Waals surface area contributed by atoms with Crippen LogP contribution in [0, 0.1) is 0 Å². The highest BCUT2D eigenvalue weighted by Crippen LogP contribution is 2.09.